The van der Waals surface area contributed by atoms with E-state index in [0.717, 1.165) is 5.56 Å². The molecule has 0 radical (unpaired) electrons. The Morgan fingerprint density at radius 2 is 1.78 bits per heavy atom. The Balaban J connectivity index is 2.14. The van der Waals surface area contributed by atoms with Gasteiger partial charge in [-0.25, -0.2) is 0 Å². The molecule has 0 saturated heterocycles. The number of carbonyl (C=O) groups excluding carboxylic acids is 1. The highest BCUT2D eigenvalue weighted by atomic mass is 35.5. The summed E-state index contributed by atoms with van der Waals surface area (Å²) in [6, 6.07) is 9.65. The van der Waals surface area contributed by atoms with Crippen LogP contribution in [0.1, 0.15) is 5.56 Å². The molecule has 0 bridgehead atoms. The first kappa shape index (κ1) is 16.7. The molecule has 0 spiro atoms. The van der Waals surface area contributed by atoms with E-state index < -0.39 is 0 Å². The van der Waals surface area contributed by atoms with E-state index in [-0.39, 0.29) is 11.7 Å². The van der Waals surface area contributed by atoms with Crippen LogP contribution in [0.15, 0.2) is 42.5 Å². The molecule has 2 aromatic carbocycles. The van der Waals surface area contributed by atoms with Crippen LogP contribution < -0.4 is 14.8 Å². The summed E-state index contributed by atoms with van der Waals surface area (Å²) < 4.78 is 10.3. The molecule has 0 aliphatic heterocycles. The number of hydrogen-bond donors (Lipinski definition) is 2. The lowest BCUT2D eigenvalue weighted by atomic mass is 10.2. The van der Waals surface area contributed by atoms with Gasteiger partial charge in [-0.05, 0) is 23.8 Å². The summed E-state index contributed by atoms with van der Waals surface area (Å²) in [5, 5.41) is 12.3. The molecule has 0 saturated carbocycles. The molecule has 2 aromatic rings. The second-order valence-corrected chi connectivity index (χ2v) is 5.01. The predicted octanol–water partition coefficient (Wildman–Crippen LogP) is 3.71. The molecule has 2 N–H and O–H groups in total. The van der Waals surface area contributed by atoms with Crippen LogP contribution in [-0.4, -0.2) is 25.2 Å². The predicted molar refractivity (Wildman–Crippen MR) is 90.3 cm³/mol. The summed E-state index contributed by atoms with van der Waals surface area (Å²) in [5.74, 6) is 0.706. The number of aromatic hydroxyl groups is 1. The zero-order chi connectivity index (χ0) is 16.8. The van der Waals surface area contributed by atoms with Gasteiger partial charge in [0, 0.05) is 18.2 Å². The molecule has 120 valence electrons. The number of methoxy groups -OCH3 is 2. The summed E-state index contributed by atoms with van der Waals surface area (Å²) in [5.41, 5.74) is 1.24. The van der Waals surface area contributed by atoms with Gasteiger partial charge in [-0.15, -0.1) is 0 Å². The average molecular weight is 334 g/mol. The van der Waals surface area contributed by atoms with E-state index in [1.54, 1.807) is 42.5 Å². The molecular formula is C17H16ClNO4. The quantitative estimate of drug-likeness (QED) is 0.818. The van der Waals surface area contributed by atoms with Gasteiger partial charge in [-0.3, -0.25) is 4.79 Å². The Morgan fingerprint density at radius 3 is 2.39 bits per heavy atom. The standard InChI is InChI=1S/C17H16ClNO4/c1-22-15-10-14(16(23-2)9-13(15)18)19-17(21)8-5-11-3-6-12(20)7-4-11/h3-10,20H,1-2H3,(H,19,21)/b8-5+. The van der Waals surface area contributed by atoms with Gasteiger partial charge in [-0.2, -0.15) is 0 Å². The number of hydrogen-bond acceptors (Lipinski definition) is 4. The van der Waals surface area contributed by atoms with Crippen molar-refractivity contribution in [3.05, 3.63) is 53.1 Å². The molecule has 0 aromatic heterocycles. The van der Waals surface area contributed by atoms with Crippen molar-refractivity contribution in [1.29, 1.82) is 0 Å². The number of benzene rings is 2. The van der Waals surface area contributed by atoms with Gasteiger partial charge in [0.1, 0.15) is 17.2 Å². The number of halogens is 1. The average Bonchev–Trinajstić information content (AvgIpc) is 2.55. The minimum atomic E-state index is -0.333. The van der Waals surface area contributed by atoms with Crippen LogP contribution in [0.2, 0.25) is 5.02 Å². The highest BCUT2D eigenvalue weighted by Crippen LogP contribution is 2.35. The van der Waals surface area contributed by atoms with Crippen LogP contribution in [-0.2, 0) is 4.79 Å². The van der Waals surface area contributed by atoms with E-state index in [1.165, 1.54) is 20.3 Å². The van der Waals surface area contributed by atoms with Gasteiger partial charge >= 0.3 is 0 Å². The lowest BCUT2D eigenvalue weighted by Gasteiger charge is -2.12. The minimum absolute atomic E-state index is 0.171. The molecular weight excluding hydrogens is 318 g/mol. The van der Waals surface area contributed by atoms with Crippen molar-refractivity contribution in [3.8, 4) is 17.2 Å². The first-order chi connectivity index (χ1) is 11.0. The van der Waals surface area contributed by atoms with Gasteiger partial charge in [0.2, 0.25) is 5.91 Å². The van der Waals surface area contributed by atoms with Gasteiger partial charge in [0.25, 0.3) is 0 Å². The Kier molecular flexibility index (Phi) is 5.49. The van der Waals surface area contributed by atoms with E-state index in [4.69, 9.17) is 21.1 Å². The van der Waals surface area contributed by atoms with E-state index in [9.17, 15) is 9.90 Å². The van der Waals surface area contributed by atoms with Gasteiger partial charge in [0.05, 0.1) is 24.9 Å². The molecule has 0 aliphatic rings. The number of phenolic OH excluding ortho intramolecular Hbond substituents is 1. The van der Waals surface area contributed by atoms with E-state index in [1.807, 2.05) is 0 Å². The number of amides is 1. The lowest BCUT2D eigenvalue weighted by molar-refractivity contribution is -0.111. The van der Waals surface area contributed by atoms with Crippen LogP contribution in [0.4, 0.5) is 5.69 Å². The third kappa shape index (κ3) is 4.40. The fourth-order valence-corrected chi connectivity index (χ4v) is 2.12. The summed E-state index contributed by atoms with van der Waals surface area (Å²) in [6.07, 6.45) is 3.02. The molecule has 0 fully saturated rings. The van der Waals surface area contributed by atoms with Crippen LogP contribution in [0, 0.1) is 0 Å². The first-order valence-electron chi connectivity index (χ1n) is 6.73. The van der Waals surface area contributed by atoms with Crippen LogP contribution in [0.5, 0.6) is 17.2 Å². The highest BCUT2D eigenvalue weighted by Gasteiger charge is 2.11. The third-order valence-corrected chi connectivity index (χ3v) is 3.35. The number of carbonyl (C=O) groups is 1. The number of ether oxygens (including phenoxy) is 2. The number of phenols is 1. The van der Waals surface area contributed by atoms with E-state index in [0.29, 0.717) is 22.2 Å². The Hall–Kier alpha value is -2.66. The van der Waals surface area contributed by atoms with E-state index in [2.05, 4.69) is 5.32 Å². The SMILES string of the molecule is COc1cc(NC(=O)/C=C/c2ccc(O)cc2)c(OC)cc1Cl. The van der Waals surface area contributed by atoms with Crippen molar-refractivity contribution in [1.82, 2.24) is 0 Å². The summed E-state index contributed by atoms with van der Waals surface area (Å²) >= 11 is 6.02. The van der Waals surface area contributed by atoms with Crippen molar-refractivity contribution < 1.29 is 19.4 Å². The highest BCUT2D eigenvalue weighted by molar-refractivity contribution is 6.32. The van der Waals surface area contributed by atoms with Gasteiger partial charge in [0.15, 0.2) is 0 Å². The fourth-order valence-electron chi connectivity index (χ4n) is 1.89. The summed E-state index contributed by atoms with van der Waals surface area (Å²) in [7, 11) is 2.98. The van der Waals surface area contributed by atoms with Crippen molar-refractivity contribution >= 4 is 29.3 Å². The number of rotatable bonds is 5. The normalized spacial score (nSPS) is 10.6. The molecule has 5 nitrogen and oxygen atoms in total. The molecule has 23 heavy (non-hydrogen) atoms. The third-order valence-electron chi connectivity index (χ3n) is 3.05. The van der Waals surface area contributed by atoms with Crippen molar-refractivity contribution in [2.24, 2.45) is 0 Å². The zero-order valence-electron chi connectivity index (χ0n) is 12.7. The van der Waals surface area contributed by atoms with Gasteiger partial charge < -0.3 is 19.9 Å². The summed E-state index contributed by atoms with van der Waals surface area (Å²) in [4.78, 5) is 12.0. The van der Waals surface area contributed by atoms with Crippen LogP contribution in [0.3, 0.4) is 0 Å². The first-order valence-corrected chi connectivity index (χ1v) is 7.11. The molecule has 0 heterocycles. The molecule has 0 aliphatic carbocycles. The molecule has 6 heteroatoms. The van der Waals surface area contributed by atoms with Crippen molar-refractivity contribution in [3.63, 3.8) is 0 Å². The maximum atomic E-state index is 12.0. The van der Waals surface area contributed by atoms with Crippen LogP contribution >= 0.6 is 11.6 Å². The van der Waals surface area contributed by atoms with E-state index >= 15 is 0 Å². The fraction of sp³-hybridized carbons (Fsp3) is 0.118. The second-order valence-electron chi connectivity index (χ2n) is 4.60. The second kappa shape index (κ2) is 7.56. The van der Waals surface area contributed by atoms with Gasteiger partial charge in [-0.1, -0.05) is 23.7 Å². The topological polar surface area (TPSA) is 67.8 Å². The largest absolute Gasteiger partial charge is 0.508 e. The molecule has 2 rings (SSSR count). The Labute approximate surface area is 139 Å². The Morgan fingerprint density at radius 1 is 1.13 bits per heavy atom. The van der Waals surface area contributed by atoms with Crippen LogP contribution in [0.25, 0.3) is 6.08 Å². The number of nitrogens with one attached hydrogen (secondary N) is 1. The molecule has 1 amide bonds. The van der Waals surface area contributed by atoms with Crippen molar-refractivity contribution in [2.45, 2.75) is 0 Å². The number of anilines is 1. The zero-order valence-corrected chi connectivity index (χ0v) is 13.4. The monoisotopic (exact) mass is 333 g/mol. The maximum Gasteiger partial charge on any atom is 0.248 e. The minimum Gasteiger partial charge on any atom is -0.508 e. The summed E-state index contributed by atoms with van der Waals surface area (Å²) in [6.45, 7) is 0. The lowest BCUT2D eigenvalue weighted by Crippen LogP contribution is -2.09. The smallest absolute Gasteiger partial charge is 0.248 e. The molecule has 0 atom stereocenters. The van der Waals surface area contributed by atoms with Crippen molar-refractivity contribution in [2.75, 3.05) is 19.5 Å². The Bertz CT molecular complexity index is 726. The molecule has 0 unspecified atom stereocenters. The maximum absolute atomic E-state index is 12.0.